The van der Waals surface area contributed by atoms with Crippen LogP contribution in [0.4, 0.5) is 31.8 Å². The van der Waals surface area contributed by atoms with Gasteiger partial charge >= 0.3 is 0 Å². The third-order valence-corrected chi connectivity index (χ3v) is 10.1. The van der Waals surface area contributed by atoms with Gasteiger partial charge in [0.15, 0.2) is 0 Å². The molecular formula is C41H40F2N8O3. The molecule has 2 aliphatic heterocycles. The van der Waals surface area contributed by atoms with E-state index in [4.69, 9.17) is 19.4 Å². The number of amides is 1. The van der Waals surface area contributed by atoms with E-state index in [-0.39, 0.29) is 11.7 Å². The Morgan fingerprint density at radius 3 is 2.54 bits per heavy atom. The molecule has 0 unspecified atom stereocenters. The number of anilines is 4. The number of benzene rings is 3. The molecule has 0 aliphatic carbocycles. The van der Waals surface area contributed by atoms with E-state index >= 15 is 0 Å². The summed E-state index contributed by atoms with van der Waals surface area (Å²) in [5, 5.41) is 5.71. The van der Waals surface area contributed by atoms with Crippen molar-refractivity contribution in [3.05, 3.63) is 115 Å². The van der Waals surface area contributed by atoms with Gasteiger partial charge in [-0.15, -0.1) is 0 Å². The smallest absolute Gasteiger partial charge is 0.255 e. The first-order valence-electron chi connectivity index (χ1n) is 18.1. The molecule has 13 heteroatoms. The van der Waals surface area contributed by atoms with Crippen molar-refractivity contribution in [1.82, 2.24) is 24.3 Å². The van der Waals surface area contributed by atoms with Gasteiger partial charge in [-0.05, 0) is 74.4 Å². The minimum atomic E-state index is -0.863. The molecule has 3 aromatic heterocycles. The Morgan fingerprint density at radius 1 is 0.926 bits per heavy atom. The first-order valence-corrected chi connectivity index (χ1v) is 18.1. The quantitative estimate of drug-likeness (QED) is 0.157. The number of ether oxygens (including phenoxy) is 2. The van der Waals surface area contributed by atoms with Crippen LogP contribution < -0.4 is 20.3 Å². The fourth-order valence-electron chi connectivity index (χ4n) is 7.37. The van der Waals surface area contributed by atoms with E-state index in [1.165, 1.54) is 6.07 Å². The highest BCUT2D eigenvalue weighted by molar-refractivity contribution is 6.05. The number of morpholine rings is 1. The van der Waals surface area contributed by atoms with Gasteiger partial charge in [0.1, 0.15) is 28.7 Å². The lowest BCUT2D eigenvalue weighted by molar-refractivity contribution is -0.0373. The molecule has 0 spiro atoms. The second-order valence-corrected chi connectivity index (χ2v) is 13.5. The zero-order chi connectivity index (χ0) is 37.2. The van der Waals surface area contributed by atoms with Crippen LogP contribution >= 0.6 is 0 Å². The molecule has 6 aromatic rings. The highest BCUT2D eigenvalue weighted by Gasteiger charge is 2.28. The van der Waals surface area contributed by atoms with E-state index in [2.05, 4.69) is 44.5 Å². The van der Waals surface area contributed by atoms with Gasteiger partial charge in [0.25, 0.3) is 5.91 Å². The molecule has 2 N–H and O–H groups in total. The van der Waals surface area contributed by atoms with Gasteiger partial charge in [-0.25, -0.2) is 23.7 Å². The number of hydrogen-bond acceptors (Lipinski definition) is 9. The molecule has 8 rings (SSSR count). The summed E-state index contributed by atoms with van der Waals surface area (Å²) in [5.41, 5.74) is 4.62. The molecule has 54 heavy (non-hydrogen) atoms. The zero-order valence-corrected chi connectivity index (χ0v) is 30.0. The van der Waals surface area contributed by atoms with Crippen LogP contribution in [0.2, 0.25) is 0 Å². The number of para-hydroxylation sites is 1. The summed E-state index contributed by atoms with van der Waals surface area (Å²) in [5.74, 6) is -1.36. The molecule has 0 radical (unpaired) electrons. The molecule has 2 aliphatic rings. The standard InChI is InChI=1S/C41H40F2N8O3/c1-26-25-50(21-22-54-26)29-15-19-49(20-16-29)30-12-13-33(35(24-30)53-2)45-41-44-17-14-34(46-41)39-37(47-36-11-3-4-18-51(36)39)27-7-5-8-28(23-27)40(52)48-38-31(42)9-6-10-32(38)43/h3-14,17-18,23-24,26,29H,15-16,19-22,25H2,1-2H3,(H,48,52)(H,44,45,46)/t26-/m0/s1. The number of carbonyl (C=O) groups is 1. The molecule has 1 atom stereocenters. The normalized spacial score (nSPS) is 16.7. The Hall–Kier alpha value is -5.92. The fourth-order valence-corrected chi connectivity index (χ4v) is 7.37. The molecule has 3 aromatic carbocycles. The maximum absolute atomic E-state index is 14.3. The van der Waals surface area contributed by atoms with Crippen molar-refractivity contribution in [3.8, 4) is 28.4 Å². The molecule has 2 fully saturated rings. The number of hydrogen-bond donors (Lipinski definition) is 2. The van der Waals surface area contributed by atoms with Crippen molar-refractivity contribution < 1.29 is 23.0 Å². The highest BCUT2D eigenvalue weighted by Crippen LogP contribution is 2.36. The molecule has 276 valence electrons. The number of carbonyl (C=O) groups excluding carboxylic acids is 1. The average Bonchev–Trinajstić information content (AvgIpc) is 3.60. The SMILES string of the molecule is COc1cc(N2CCC(N3CCO[C@@H](C)C3)CC2)ccc1Nc1nccc(-c2c(-c3cccc(C(=O)Nc4c(F)cccc4F)c3)nc3ccccn23)n1. The lowest BCUT2D eigenvalue weighted by Crippen LogP contribution is -2.51. The van der Waals surface area contributed by atoms with Gasteiger partial charge in [0, 0.05) is 67.5 Å². The second-order valence-electron chi connectivity index (χ2n) is 13.5. The van der Waals surface area contributed by atoms with Gasteiger partial charge < -0.3 is 25.0 Å². The summed E-state index contributed by atoms with van der Waals surface area (Å²) in [6.07, 6.45) is 6.05. The van der Waals surface area contributed by atoms with E-state index in [0.717, 1.165) is 69.1 Å². The van der Waals surface area contributed by atoms with Gasteiger partial charge in [-0.3, -0.25) is 14.1 Å². The van der Waals surface area contributed by atoms with E-state index in [1.54, 1.807) is 37.6 Å². The number of aromatic nitrogens is 4. The van der Waals surface area contributed by atoms with Gasteiger partial charge in [0.2, 0.25) is 5.95 Å². The van der Waals surface area contributed by atoms with E-state index in [9.17, 15) is 13.6 Å². The van der Waals surface area contributed by atoms with Crippen LogP contribution in [0.3, 0.4) is 0 Å². The Bertz CT molecular complexity index is 2290. The lowest BCUT2D eigenvalue weighted by Gasteiger charge is -2.42. The highest BCUT2D eigenvalue weighted by atomic mass is 19.1. The third kappa shape index (κ3) is 7.20. The number of nitrogens with one attached hydrogen (secondary N) is 2. The van der Waals surface area contributed by atoms with Crippen molar-refractivity contribution in [2.45, 2.75) is 31.9 Å². The van der Waals surface area contributed by atoms with Gasteiger partial charge in [0.05, 0.1) is 42.6 Å². The van der Waals surface area contributed by atoms with Gasteiger partial charge in [-0.2, -0.15) is 0 Å². The topological polar surface area (TPSA) is 109 Å². The summed E-state index contributed by atoms with van der Waals surface area (Å²) < 4.78 is 42.1. The summed E-state index contributed by atoms with van der Waals surface area (Å²) in [7, 11) is 1.65. The van der Waals surface area contributed by atoms with E-state index in [0.29, 0.717) is 46.0 Å². The van der Waals surface area contributed by atoms with E-state index in [1.807, 2.05) is 40.9 Å². The molecule has 5 heterocycles. The van der Waals surface area contributed by atoms with Crippen LogP contribution in [0.5, 0.6) is 5.75 Å². The van der Waals surface area contributed by atoms with Crippen LogP contribution in [0.15, 0.2) is 97.3 Å². The van der Waals surface area contributed by atoms with Crippen LogP contribution in [-0.2, 0) is 4.74 Å². The molecule has 0 saturated carbocycles. The van der Waals surface area contributed by atoms with Crippen molar-refractivity contribution in [2.75, 3.05) is 55.4 Å². The largest absolute Gasteiger partial charge is 0.494 e. The van der Waals surface area contributed by atoms with Crippen LogP contribution in [0, 0.1) is 11.6 Å². The maximum atomic E-state index is 14.3. The Kier molecular flexibility index (Phi) is 9.89. The predicted octanol–water partition coefficient (Wildman–Crippen LogP) is 7.43. The van der Waals surface area contributed by atoms with Crippen molar-refractivity contribution >= 4 is 34.6 Å². The number of rotatable bonds is 9. The molecule has 11 nitrogen and oxygen atoms in total. The monoisotopic (exact) mass is 730 g/mol. The van der Waals surface area contributed by atoms with Crippen molar-refractivity contribution in [3.63, 3.8) is 0 Å². The predicted molar refractivity (Wildman–Crippen MR) is 204 cm³/mol. The van der Waals surface area contributed by atoms with Crippen molar-refractivity contribution in [1.29, 1.82) is 0 Å². The first kappa shape index (κ1) is 35.1. The number of piperidine rings is 1. The minimum absolute atomic E-state index is 0.204. The summed E-state index contributed by atoms with van der Waals surface area (Å²) >= 11 is 0. The number of pyridine rings is 1. The summed E-state index contributed by atoms with van der Waals surface area (Å²) in [6, 6.07) is 24.3. The van der Waals surface area contributed by atoms with Crippen LogP contribution in [-0.4, -0.2) is 82.2 Å². The molecular weight excluding hydrogens is 690 g/mol. The Labute approximate surface area is 311 Å². The summed E-state index contributed by atoms with van der Waals surface area (Å²) in [4.78, 5) is 32.5. The zero-order valence-electron chi connectivity index (χ0n) is 30.0. The van der Waals surface area contributed by atoms with Crippen LogP contribution in [0.1, 0.15) is 30.1 Å². The molecule has 0 bridgehead atoms. The Balaban J connectivity index is 1.04. The maximum Gasteiger partial charge on any atom is 0.255 e. The second kappa shape index (κ2) is 15.2. The lowest BCUT2D eigenvalue weighted by atomic mass is 10.0. The molecule has 1 amide bonds. The first-order chi connectivity index (χ1) is 26.3. The summed E-state index contributed by atoms with van der Waals surface area (Å²) in [6.45, 7) is 6.88. The van der Waals surface area contributed by atoms with E-state index < -0.39 is 23.2 Å². The number of nitrogens with zero attached hydrogens (tertiary/aromatic N) is 6. The minimum Gasteiger partial charge on any atom is -0.494 e. The number of imidazole rings is 1. The number of fused-ring (bicyclic) bond motifs is 1. The average molecular weight is 731 g/mol. The van der Waals surface area contributed by atoms with Crippen molar-refractivity contribution in [2.24, 2.45) is 0 Å². The fraction of sp³-hybridized carbons (Fsp3) is 0.268. The Morgan fingerprint density at radius 2 is 1.74 bits per heavy atom. The third-order valence-electron chi connectivity index (χ3n) is 10.1. The number of halogens is 2. The van der Waals surface area contributed by atoms with Gasteiger partial charge in [-0.1, -0.05) is 24.3 Å². The van der Waals surface area contributed by atoms with Crippen LogP contribution in [0.25, 0.3) is 28.3 Å². The number of methoxy groups -OCH3 is 1. The molecule has 2 saturated heterocycles.